The number of rotatable bonds is 36. The number of phosphoric ester groups is 1. The van der Waals surface area contributed by atoms with Gasteiger partial charge < -0.3 is 25.2 Å². The molecule has 0 spiro atoms. The molecule has 0 aromatic rings. The zero-order chi connectivity index (χ0) is 34.1. The van der Waals surface area contributed by atoms with E-state index >= 15 is 0 Å². The van der Waals surface area contributed by atoms with Gasteiger partial charge >= 0.3 is 19.8 Å². The Bertz CT molecular complexity index is 756. The second-order valence-electron chi connectivity index (χ2n) is 12.7. The van der Waals surface area contributed by atoms with E-state index in [2.05, 4.69) is 18.4 Å². The van der Waals surface area contributed by atoms with E-state index in [0.29, 0.717) is 6.61 Å². The van der Waals surface area contributed by atoms with Crippen LogP contribution in [0, 0.1) is 0 Å². The number of carboxylic acid groups (broad SMARTS) is 1. The Kier molecular flexibility index (Phi) is 31.8. The third kappa shape index (κ3) is 31.6. The predicted molar refractivity (Wildman–Crippen MR) is 185 cm³/mol. The maximum Gasteiger partial charge on any atom is 0.472 e. The number of carbonyl (C=O) groups is 2. The highest BCUT2D eigenvalue weighted by Gasteiger charge is 2.27. The van der Waals surface area contributed by atoms with Crippen molar-refractivity contribution in [2.24, 2.45) is 5.73 Å². The van der Waals surface area contributed by atoms with E-state index in [9.17, 15) is 19.0 Å². The molecule has 0 bridgehead atoms. The summed E-state index contributed by atoms with van der Waals surface area (Å²) >= 11 is 0. The van der Waals surface area contributed by atoms with Crippen molar-refractivity contribution in [3.8, 4) is 0 Å². The summed E-state index contributed by atoms with van der Waals surface area (Å²) in [5.74, 6) is -1.77. The fraction of sp³-hybridized carbons (Fsp3) is 0.943. The van der Waals surface area contributed by atoms with Crippen LogP contribution in [0.2, 0.25) is 0 Å². The molecule has 0 aliphatic carbocycles. The first-order valence-corrected chi connectivity index (χ1v) is 20.1. The second kappa shape index (κ2) is 32.5. The van der Waals surface area contributed by atoms with E-state index in [1.807, 2.05) is 0 Å². The molecule has 3 atom stereocenters. The number of hydrogen-bond acceptors (Lipinski definition) is 8. The molecule has 0 fully saturated rings. The second-order valence-corrected chi connectivity index (χ2v) is 14.2. The molecular formula is C35H70NO9P. The molecule has 0 saturated heterocycles. The highest BCUT2D eigenvalue weighted by atomic mass is 31.2. The van der Waals surface area contributed by atoms with Crippen LogP contribution >= 0.6 is 7.82 Å². The fourth-order valence-electron chi connectivity index (χ4n) is 5.19. The van der Waals surface area contributed by atoms with E-state index in [1.165, 1.54) is 116 Å². The Morgan fingerprint density at radius 2 is 1.00 bits per heavy atom. The molecule has 0 aliphatic heterocycles. The van der Waals surface area contributed by atoms with Crippen molar-refractivity contribution in [3.05, 3.63) is 0 Å². The Hall–Kier alpha value is -1.03. The maximum atomic E-state index is 12.5. The minimum atomic E-state index is -4.60. The van der Waals surface area contributed by atoms with Gasteiger partial charge in [0, 0.05) is 13.0 Å². The molecule has 3 unspecified atom stereocenters. The Labute approximate surface area is 280 Å². The molecule has 0 rings (SSSR count). The zero-order valence-corrected chi connectivity index (χ0v) is 30.3. The average molecular weight is 680 g/mol. The van der Waals surface area contributed by atoms with Crippen LogP contribution in [-0.2, 0) is 32.7 Å². The van der Waals surface area contributed by atoms with Gasteiger partial charge in [0.25, 0.3) is 0 Å². The van der Waals surface area contributed by atoms with Crippen molar-refractivity contribution in [2.45, 2.75) is 187 Å². The largest absolute Gasteiger partial charge is 0.480 e. The molecule has 0 saturated carbocycles. The summed E-state index contributed by atoms with van der Waals surface area (Å²) in [6.45, 7) is 3.88. The number of phosphoric acid groups is 1. The van der Waals surface area contributed by atoms with Gasteiger partial charge in [0.2, 0.25) is 0 Å². The normalized spacial score (nSPS) is 14.2. The molecule has 46 heavy (non-hydrogen) atoms. The maximum absolute atomic E-state index is 12.5. The number of hydrogen-bond donors (Lipinski definition) is 3. The molecule has 0 amide bonds. The van der Waals surface area contributed by atoms with E-state index < -0.39 is 45.1 Å². The Morgan fingerprint density at radius 3 is 1.43 bits per heavy atom. The first kappa shape index (κ1) is 45.0. The van der Waals surface area contributed by atoms with Crippen LogP contribution < -0.4 is 5.73 Å². The van der Waals surface area contributed by atoms with E-state index in [1.54, 1.807) is 0 Å². The molecular weight excluding hydrogens is 609 g/mol. The molecule has 4 N–H and O–H groups in total. The summed E-state index contributed by atoms with van der Waals surface area (Å²) in [6.07, 6.45) is 28.6. The number of esters is 1. The van der Waals surface area contributed by atoms with Crippen molar-refractivity contribution in [3.63, 3.8) is 0 Å². The fourth-order valence-corrected chi connectivity index (χ4v) is 5.97. The van der Waals surface area contributed by atoms with Crippen molar-refractivity contribution in [1.29, 1.82) is 0 Å². The summed E-state index contributed by atoms with van der Waals surface area (Å²) in [5, 5.41) is 8.85. The Morgan fingerprint density at radius 1 is 0.609 bits per heavy atom. The van der Waals surface area contributed by atoms with Crippen LogP contribution in [0.25, 0.3) is 0 Å². The molecule has 0 radical (unpaired) electrons. The van der Waals surface area contributed by atoms with Crippen LogP contribution in [0.4, 0.5) is 0 Å². The van der Waals surface area contributed by atoms with E-state index in [0.717, 1.165) is 38.5 Å². The van der Waals surface area contributed by atoms with Crippen LogP contribution in [-0.4, -0.2) is 60.5 Å². The standard InChI is InChI=1S/C35H70NO9P/c1-3-5-7-9-11-13-15-17-19-21-23-25-27-34(37)45-32(30-43-46(40,41)44-31-33(36)35(38)39)29-42-28-26-24-22-20-18-16-14-12-10-8-6-4-2/h32-33H,3-31,36H2,1-2H3,(H,38,39)(H,40,41). The van der Waals surface area contributed by atoms with E-state index in [-0.39, 0.29) is 13.0 Å². The first-order chi connectivity index (χ1) is 22.2. The number of carbonyl (C=O) groups excluding carboxylic acids is 1. The average Bonchev–Trinajstić information content (AvgIpc) is 3.03. The first-order valence-electron chi connectivity index (χ1n) is 18.6. The van der Waals surface area contributed by atoms with Gasteiger partial charge in [-0.2, -0.15) is 0 Å². The van der Waals surface area contributed by atoms with E-state index in [4.69, 9.17) is 24.8 Å². The van der Waals surface area contributed by atoms with Crippen molar-refractivity contribution < 1.29 is 42.7 Å². The highest BCUT2D eigenvalue weighted by molar-refractivity contribution is 7.47. The molecule has 0 aromatic heterocycles. The third-order valence-corrected chi connectivity index (χ3v) is 9.09. The minimum Gasteiger partial charge on any atom is -0.480 e. The van der Waals surface area contributed by atoms with Gasteiger partial charge in [0.05, 0.1) is 19.8 Å². The summed E-state index contributed by atoms with van der Waals surface area (Å²) in [5.41, 5.74) is 5.33. The van der Waals surface area contributed by atoms with Gasteiger partial charge in [-0.1, -0.05) is 155 Å². The minimum absolute atomic E-state index is 0.0247. The van der Waals surface area contributed by atoms with Crippen LogP contribution in [0.3, 0.4) is 0 Å². The summed E-state index contributed by atoms with van der Waals surface area (Å²) in [7, 11) is -4.60. The summed E-state index contributed by atoms with van der Waals surface area (Å²) in [4.78, 5) is 33.3. The molecule has 0 aliphatic rings. The van der Waals surface area contributed by atoms with Gasteiger partial charge in [-0.25, -0.2) is 4.57 Å². The SMILES string of the molecule is CCCCCCCCCCCCCCOCC(COP(=O)(O)OCC(N)C(=O)O)OC(=O)CCCCCCCCCCCCCC. The highest BCUT2D eigenvalue weighted by Crippen LogP contribution is 2.43. The molecule has 11 heteroatoms. The van der Waals surface area contributed by atoms with Gasteiger partial charge in [-0.05, 0) is 12.8 Å². The quantitative estimate of drug-likeness (QED) is 0.0331. The monoisotopic (exact) mass is 679 g/mol. The molecule has 0 aromatic carbocycles. The van der Waals surface area contributed by atoms with Crippen molar-refractivity contribution in [1.82, 2.24) is 0 Å². The summed E-state index contributed by atoms with van der Waals surface area (Å²) in [6, 6.07) is -1.47. The lowest BCUT2D eigenvalue weighted by molar-refractivity contribution is -0.154. The van der Waals surface area contributed by atoms with Crippen molar-refractivity contribution >= 4 is 19.8 Å². The van der Waals surface area contributed by atoms with Crippen LogP contribution in [0.1, 0.15) is 174 Å². The number of unbranched alkanes of at least 4 members (excludes halogenated alkanes) is 22. The number of nitrogens with two attached hydrogens (primary N) is 1. The topological polar surface area (TPSA) is 155 Å². The molecule has 10 nitrogen and oxygen atoms in total. The Balaban J connectivity index is 4.29. The lowest BCUT2D eigenvalue weighted by Crippen LogP contribution is -2.34. The van der Waals surface area contributed by atoms with Crippen molar-refractivity contribution in [2.75, 3.05) is 26.4 Å². The lowest BCUT2D eigenvalue weighted by Gasteiger charge is -2.20. The smallest absolute Gasteiger partial charge is 0.472 e. The van der Waals surface area contributed by atoms with Crippen LogP contribution in [0.5, 0.6) is 0 Å². The molecule has 274 valence electrons. The zero-order valence-electron chi connectivity index (χ0n) is 29.4. The lowest BCUT2D eigenvalue weighted by atomic mass is 10.0. The number of ether oxygens (including phenoxy) is 2. The van der Waals surface area contributed by atoms with Gasteiger partial charge in [-0.3, -0.25) is 18.6 Å². The van der Waals surface area contributed by atoms with Gasteiger partial charge in [-0.15, -0.1) is 0 Å². The van der Waals surface area contributed by atoms with Gasteiger partial charge in [0.1, 0.15) is 12.1 Å². The van der Waals surface area contributed by atoms with Crippen LogP contribution in [0.15, 0.2) is 0 Å². The van der Waals surface area contributed by atoms with Gasteiger partial charge in [0.15, 0.2) is 0 Å². The predicted octanol–water partition coefficient (Wildman–Crippen LogP) is 9.25. The molecule has 0 heterocycles. The third-order valence-electron chi connectivity index (χ3n) is 8.14. The summed E-state index contributed by atoms with van der Waals surface area (Å²) < 4.78 is 33.1. The number of aliphatic carboxylic acids is 1. The number of carboxylic acids is 1.